The van der Waals surface area contributed by atoms with Gasteiger partial charge in [0.1, 0.15) is 11.6 Å². The molecule has 0 atom stereocenters. The lowest BCUT2D eigenvalue weighted by atomic mass is 10.2. The van der Waals surface area contributed by atoms with E-state index in [2.05, 4.69) is 21.2 Å². The lowest BCUT2D eigenvalue weighted by Gasteiger charge is -2.09. The summed E-state index contributed by atoms with van der Waals surface area (Å²) in [4.78, 5) is 0. The molecule has 19 heavy (non-hydrogen) atoms. The summed E-state index contributed by atoms with van der Waals surface area (Å²) >= 11 is 3.28. The Labute approximate surface area is 120 Å². The van der Waals surface area contributed by atoms with Gasteiger partial charge in [0.25, 0.3) is 0 Å². The molecule has 0 aromatic heterocycles. The van der Waals surface area contributed by atoms with Crippen molar-refractivity contribution in [2.75, 3.05) is 7.11 Å². The van der Waals surface area contributed by atoms with Crippen LogP contribution in [0.15, 0.2) is 46.9 Å². The summed E-state index contributed by atoms with van der Waals surface area (Å²) in [5, 5.41) is 3.28. The zero-order valence-corrected chi connectivity index (χ0v) is 12.2. The number of methoxy groups -OCH3 is 1. The fourth-order valence-corrected chi connectivity index (χ4v) is 2.42. The van der Waals surface area contributed by atoms with Crippen LogP contribution in [0.4, 0.5) is 4.39 Å². The van der Waals surface area contributed by atoms with E-state index < -0.39 is 0 Å². The summed E-state index contributed by atoms with van der Waals surface area (Å²) < 4.78 is 19.2. The highest BCUT2D eigenvalue weighted by atomic mass is 79.9. The van der Waals surface area contributed by atoms with Gasteiger partial charge in [0.2, 0.25) is 0 Å². The molecule has 0 aliphatic rings. The first-order valence-corrected chi connectivity index (χ1v) is 6.76. The number of hydrogen-bond acceptors (Lipinski definition) is 2. The highest BCUT2D eigenvalue weighted by molar-refractivity contribution is 9.10. The number of ether oxygens (including phenoxy) is 1. The first-order valence-electron chi connectivity index (χ1n) is 5.96. The van der Waals surface area contributed by atoms with E-state index in [9.17, 15) is 4.39 Å². The molecule has 2 aromatic rings. The van der Waals surface area contributed by atoms with E-state index in [1.54, 1.807) is 7.11 Å². The largest absolute Gasteiger partial charge is 0.496 e. The lowest BCUT2D eigenvalue weighted by molar-refractivity contribution is 0.407. The lowest BCUT2D eigenvalue weighted by Crippen LogP contribution is -2.13. The molecule has 0 amide bonds. The Bertz CT molecular complexity index is 539. The van der Waals surface area contributed by atoms with Crippen LogP contribution < -0.4 is 10.1 Å². The van der Waals surface area contributed by atoms with Gasteiger partial charge in [-0.2, -0.15) is 0 Å². The summed E-state index contributed by atoms with van der Waals surface area (Å²) in [6.45, 7) is 1.28. The number of para-hydroxylation sites is 1. The first-order chi connectivity index (χ1) is 9.19. The number of hydrogen-bond donors (Lipinski definition) is 1. The van der Waals surface area contributed by atoms with Crippen LogP contribution in [0.3, 0.4) is 0 Å². The molecule has 0 saturated heterocycles. The molecular weight excluding hydrogens is 309 g/mol. The van der Waals surface area contributed by atoms with Crippen molar-refractivity contribution in [1.29, 1.82) is 0 Å². The second kappa shape index (κ2) is 6.68. The average molecular weight is 324 g/mol. The number of benzene rings is 2. The van der Waals surface area contributed by atoms with Crippen LogP contribution in [0.2, 0.25) is 0 Å². The summed E-state index contributed by atoms with van der Waals surface area (Å²) in [6, 6.07) is 12.7. The second-order valence-electron chi connectivity index (χ2n) is 4.19. The zero-order valence-electron chi connectivity index (χ0n) is 10.6. The minimum Gasteiger partial charge on any atom is -0.496 e. The Hall–Kier alpha value is -1.39. The van der Waals surface area contributed by atoms with E-state index in [4.69, 9.17) is 4.74 Å². The van der Waals surface area contributed by atoms with Crippen LogP contribution >= 0.6 is 15.9 Å². The van der Waals surface area contributed by atoms with Gasteiger partial charge in [-0.3, -0.25) is 0 Å². The number of rotatable bonds is 5. The van der Waals surface area contributed by atoms with Gasteiger partial charge < -0.3 is 10.1 Å². The highest BCUT2D eigenvalue weighted by Crippen LogP contribution is 2.18. The molecule has 0 bridgehead atoms. The van der Waals surface area contributed by atoms with E-state index in [-0.39, 0.29) is 5.82 Å². The van der Waals surface area contributed by atoms with Gasteiger partial charge in [-0.05, 0) is 29.8 Å². The predicted molar refractivity (Wildman–Crippen MR) is 77.6 cm³/mol. The highest BCUT2D eigenvalue weighted by Gasteiger charge is 2.02. The minimum atomic E-state index is -0.233. The molecule has 0 fully saturated rings. The van der Waals surface area contributed by atoms with Crippen molar-refractivity contribution in [3.8, 4) is 5.75 Å². The van der Waals surface area contributed by atoms with E-state index in [0.29, 0.717) is 13.1 Å². The maximum absolute atomic E-state index is 13.2. The summed E-state index contributed by atoms with van der Waals surface area (Å²) in [7, 11) is 1.66. The van der Waals surface area contributed by atoms with Crippen LogP contribution in [0, 0.1) is 5.82 Å². The Morgan fingerprint density at radius 3 is 2.68 bits per heavy atom. The fraction of sp³-hybridized carbons (Fsp3) is 0.200. The standard InChI is InChI=1S/C15H15BrFNO/c1-19-15-5-3-2-4-12(15)10-18-9-11-6-13(16)8-14(17)7-11/h2-8,18H,9-10H2,1H3. The van der Waals surface area contributed by atoms with Gasteiger partial charge >= 0.3 is 0 Å². The topological polar surface area (TPSA) is 21.3 Å². The van der Waals surface area contributed by atoms with Crippen molar-refractivity contribution < 1.29 is 9.13 Å². The van der Waals surface area contributed by atoms with Gasteiger partial charge in [-0.25, -0.2) is 4.39 Å². The van der Waals surface area contributed by atoms with Crippen LogP contribution in [-0.4, -0.2) is 7.11 Å². The molecule has 100 valence electrons. The summed E-state index contributed by atoms with van der Waals surface area (Å²) in [6.07, 6.45) is 0. The maximum Gasteiger partial charge on any atom is 0.124 e. The molecule has 2 rings (SSSR count). The Kier molecular flexibility index (Phi) is 4.93. The molecule has 2 nitrogen and oxygen atoms in total. The Morgan fingerprint density at radius 1 is 1.16 bits per heavy atom. The quantitative estimate of drug-likeness (QED) is 0.901. The van der Waals surface area contributed by atoms with Crippen molar-refractivity contribution in [1.82, 2.24) is 5.32 Å². The third-order valence-electron chi connectivity index (χ3n) is 2.76. The van der Waals surface area contributed by atoms with Crippen LogP contribution in [0.5, 0.6) is 5.75 Å². The van der Waals surface area contributed by atoms with Crippen molar-refractivity contribution in [2.45, 2.75) is 13.1 Å². The molecule has 0 aliphatic heterocycles. The van der Waals surface area contributed by atoms with Gasteiger partial charge in [0.15, 0.2) is 0 Å². The average Bonchev–Trinajstić information content (AvgIpc) is 2.38. The van der Waals surface area contributed by atoms with Crippen molar-refractivity contribution in [3.05, 3.63) is 63.9 Å². The third kappa shape index (κ3) is 4.04. The molecule has 2 aromatic carbocycles. The molecule has 4 heteroatoms. The van der Waals surface area contributed by atoms with E-state index in [1.807, 2.05) is 30.3 Å². The van der Waals surface area contributed by atoms with Crippen LogP contribution in [-0.2, 0) is 13.1 Å². The third-order valence-corrected chi connectivity index (χ3v) is 3.22. The molecule has 1 N–H and O–H groups in total. The fourth-order valence-electron chi connectivity index (χ4n) is 1.90. The van der Waals surface area contributed by atoms with E-state index in [0.717, 1.165) is 21.3 Å². The zero-order chi connectivity index (χ0) is 13.7. The molecule has 0 heterocycles. The second-order valence-corrected chi connectivity index (χ2v) is 5.11. The normalized spacial score (nSPS) is 10.5. The van der Waals surface area contributed by atoms with Crippen LogP contribution in [0.1, 0.15) is 11.1 Å². The predicted octanol–water partition coefficient (Wildman–Crippen LogP) is 3.89. The Balaban J connectivity index is 1.96. The number of nitrogens with one attached hydrogen (secondary N) is 1. The van der Waals surface area contributed by atoms with E-state index in [1.165, 1.54) is 12.1 Å². The maximum atomic E-state index is 13.2. The molecule has 0 aliphatic carbocycles. The first kappa shape index (κ1) is 14.0. The van der Waals surface area contributed by atoms with Gasteiger partial charge in [-0.15, -0.1) is 0 Å². The SMILES string of the molecule is COc1ccccc1CNCc1cc(F)cc(Br)c1. The monoisotopic (exact) mass is 323 g/mol. The molecular formula is C15H15BrFNO. The summed E-state index contributed by atoms with van der Waals surface area (Å²) in [5.74, 6) is 0.624. The molecule has 0 unspecified atom stereocenters. The molecule has 0 radical (unpaired) electrons. The van der Waals surface area contributed by atoms with Gasteiger partial charge in [0, 0.05) is 23.1 Å². The summed E-state index contributed by atoms with van der Waals surface area (Å²) in [5.41, 5.74) is 1.99. The van der Waals surface area contributed by atoms with E-state index >= 15 is 0 Å². The van der Waals surface area contributed by atoms with Crippen molar-refractivity contribution in [2.24, 2.45) is 0 Å². The van der Waals surface area contributed by atoms with Gasteiger partial charge in [0.05, 0.1) is 7.11 Å². The van der Waals surface area contributed by atoms with Crippen molar-refractivity contribution >= 4 is 15.9 Å². The molecule has 0 spiro atoms. The molecule has 0 saturated carbocycles. The minimum absolute atomic E-state index is 0.233. The van der Waals surface area contributed by atoms with Crippen molar-refractivity contribution in [3.63, 3.8) is 0 Å². The Morgan fingerprint density at radius 2 is 1.95 bits per heavy atom. The van der Waals surface area contributed by atoms with Crippen LogP contribution in [0.25, 0.3) is 0 Å². The number of halogens is 2. The smallest absolute Gasteiger partial charge is 0.124 e. The van der Waals surface area contributed by atoms with Gasteiger partial charge in [-0.1, -0.05) is 34.1 Å².